The van der Waals surface area contributed by atoms with Gasteiger partial charge in [0.15, 0.2) is 4.90 Å². The Hall–Kier alpha value is -2.00. The third-order valence-electron chi connectivity index (χ3n) is 4.55. The first kappa shape index (κ1) is 17.8. The number of carbonyl (C=O) groups excluding carboxylic acids is 1. The van der Waals surface area contributed by atoms with Crippen LogP contribution in [-0.2, 0) is 19.6 Å². The van der Waals surface area contributed by atoms with Crippen LogP contribution in [0.4, 0.5) is 5.69 Å². The zero-order valence-electron chi connectivity index (χ0n) is 14.0. The number of benzene rings is 1. The number of ether oxygens (including phenoxy) is 1. The standard InChI is InChI=1S/C16H20N2O6S/c1-10(2)7-11-8-14(24-16(11)19)13-9-17(13)25(22,23)15-6-4-3-5-12(15)18(20)21/h3-6,10-11,13-14H,7-9H2,1-2H3/t11-,13?,14+,17?/m1/s1. The summed E-state index contributed by atoms with van der Waals surface area (Å²) in [6, 6.07) is 4.83. The van der Waals surface area contributed by atoms with Crippen LogP contribution in [0.3, 0.4) is 0 Å². The Morgan fingerprint density at radius 2 is 2.04 bits per heavy atom. The Balaban J connectivity index is 1.76. The summed E-state index contributed by atoms with van der Waals surface area (Å²) in [5.41, 5.74) is -0.450. The molecule has 8 nitrogen and oxygen atoms in total. The van der Waals surface area contributed by atoms with Gasteiger partial charge in [0.25, 0.3) is 5.69 Å². The number of nitrogens with zero attached hydrogens (tertiary/aromatic N) is 2. The van der Waals surface area contributed by atoms with E-state index in [9.17, 15) is 23.3 Å². The van der Waals surface area contributed by atoms with E-state index in [1.165, 1.54) is 28.6 Å². The number of sulfonamides is 1. The monoisotopic (exact) mass is 368 g/mol. The fourth-order valence-corrected chi connectivity index (χ4v) is 5.09. The molecule has 2 saturated heterocycles. The molecule has 0 aromatic heterocycles. The molecule has 2 unspecified atom stereocenters. The lowest BCUT2D eigenvalue weighted by molar-refractivity contribution is -0.387. The molecule has 2 heterocycles. The molecule has 0 bridgehead atoms. The van der Waals surface area contributed by atoms with E-state index in [1.54, 1.807) is 0 Å². The number of carbonyl (C=O) groups is 1. The summed E-state index contributed by atoms with van der Waals surface area (Å²) in [6.45, 7) is 4.24. The average molecular weight is 368 g/mol. The molecule has 3 rings (SSSR count). The molecule has 2 aliphatic heterocycles. The maximum Gasteiger partial charge on any atom is 0.309 e. The summed E-state index contributed by atoms with van der Waals surface area (Å²) < 4.78 is 31.9. The first-order chi connectivity index (χ1) is 11.7. The van der Waals surface area contributed by atoms with E-state index >= 15 is 0 Å². The van der Waals surface area contributed by atoms with Crippen molar-refractivity contribution in [3.05, 3.63) is 34.4 Å². The van der Waals surface area contributed by atoms with Gasteiger partial charge >= 0.3 is 5.97 Å². The van der Waals surface area contributed by atoms with Gasteiger partial charge in [-0.3, -0.25) is 14.9 Å². The van der Waals surface area contributed by atoms with Crippen molar-refractivity contribution in [2.24, 2.45) is 11.8 Å². The number of hydrogen-bond acceptors (Lipinski definition) is 6. The summed E-state index contributed by atoms with van der Waals surface area (Å²) in [7, 11) is -3.99. The molecular weight excluding hydrogens is 348 g/mol. The van der Waals surface area contributed by atoms with E-state index in [4.69, 9.17) is 4.74 Å². The second kappa shape index (κ2) is 6.38. The lowest BCUT2D eigenvalue weighted by Gasteiger charge is -2.11. The predicted molar refractivity (Wildman–Crippen MR) is 88.2 cm³/mol. The number of nitro groups is 1. The molecule has 25 heavy (non-hydrogen) atoms. The van der Waals surface area contributed by atoms with Gasteiger partial charge in [-0.25, -0.2) is 8.42 Å². The lowest BCUT2D eigenvalue weighted by Crippen LogP contribution is -2.23. The van der Waals surface area contributed by atoms with Crippen molar-refractivity contribution in [1.82, 2.24) is 4.31 Å². The Bertz CT molecular complexity index is 807. The smallest absolute Gasteiger partial charge is 0.309 e. The normalized spacial score (nSPS) is 28.8. The second-order valence-electron chi connectivity index (χ2n) is 6.90. The van der Waals surface area contributed by atoms with Crippen LogP contribution >= 0.6 is 0 Å². The minimum Gasteiger partial charge on any atom is -0.460 e. The van der Waals surface area contributed by atoms with Gasteiger partial charge in [-0.2, -0.15) is 4.31 Å². The van der Waals surface area contributed by atoms with E-state index in [0.29, 0.717) is 18.8 Å². The van der Waals surface area contributed by atoms with Crippen LogP contribution in [0.15, 0.2) is 29.2 Å². The molecular formula is C16H20N2O6S. The molecule has 1 aromatic rings. The van der Waals surface area contributed by atoms with Gasteiger partial charge in [0.05, 0.1) is 16.9 Å². The van der Waals surface area contributed by atoms with Crippen molar-refractivity contribution in [3.63, 3.8) is 0 Å². The Morgan fingerprint density at radius 3 is 2.68 bits per heavy atom. The fraction of sp³-hybridized carbons (Fsp3) is 0.562. The molecule has 136 valence electrons. The van der Waals surface area contributed by atoms with Gasteiger partial charge in [-0.1, -0.05) is 26.0 Å². The van der Waals surface area contributed by atoms with Crippen molar-refractivity contribution in [1.29, 1.82) is 0 Å². The lowest BCUT2D eigenvalue weighted by atomic mass is 9.93. The van der Waals surface area contributed by atoms with Crippen molar-refractivity contribution in [2.45, 2.75) is 43.7 Å². The van der Waals surface area contributed by atoms with Crippen LogP contribution in [0, 0.1) is 22.0 Å². The van der Waals surface area contributed by atoms with Crippen molar-refractivity contribution >= 4 is 21.7 Å². The van der Waals surface area contributed by atoms with Crippen molar-refractivity contribution < 1.29 is 22.9 Å². The first-order valence-corrected chi connectivity index (χ1v) is 9.61. The second-order valence-corrected chi connectivity index (χ2v) is 8.76. The molecule has 0 amide bonds. The highest BCUT2D eigenvalue weighted by Gasteiger charge is 2.54. The maximum atomic E-state index is 12.7. The van der Waals surface area contributed by atoms with Crippen LogP contribution in [0.2, 0.25) is 0 Å². The number of para-hydroxylation sites is 1. The molecule has 0 radical (unpaired) electrons. The molecule has 0 aliphatic carbocycles. The Labute approximate surface area is 146 Å². The van der Waals surface area contributed by atoms with E-state index in [2.05, 4.69) is 0 Å². The van der Waals surface area contributed by atoms with Crippen LogP contribution in [0.1, 0.15) is 26.7 Å². The summed E-state index contributed by atoms with van der Waals surface area (Å²) in [6.07, 6.45) is 0.720. The molecule has 9 heteroatoms. The van der Waals surface area contributed by atoms with E-state index in [-0.39, 0.29) is 23.3 Å². The largest absolute Gasteiger partial charge is 0.460 e. The maximum absolute atomic E-state index is 12.7. The molecule has 0 saturated carbocycles. The zero-order valence-corrected chi connectivity index (χ0v) is 14.8. The van der Waals surface area contributed by atoms with Gasteiger partial charge in [0, 0.05) is 12.6 Å². The third kappa shape index (κ3) is 3.38. The minimum absolute atomic E-state index is 0.207. The molecule has 2 aliphatic rings. The van der Waals surface area contributed by atoms with Crippen LogP contribution < -0.4 is 0 Å². The van der Waals surface area contributed by atoms with Gasteiger partial charge in [0.1, 0.15) is 6.10 Å². The highest BCUT2D eigenvalue weighted by atomic mass is 32.2. The summed E-state index contributed by atoms with van der Waals surface area (Å²) >= 11 is 0. The molecule has 0 N–H and O–H groups in total. The Morgan fingerprint density at radius 1 is 1.36 bits per heavy atom. The highest BCUT2D eigenvalue weighted by molar-refractivity contribution is 7.89. The predicted octanol–water partition coefficient (Wildman–Crippen LogP) is 1.95. The van der Waals surface area contributed by atoms with Crippen LogP contribution in [0.25, 0.3) is 0 Å². The number of cyclic esters (lactones) is 1. The quantitative estimate of drug-likeness (QED) is 0.329. The summed E-state index contributed by atoms with van der Waals surface area (Å²) in [4.78, 5) is 22.0. The SMILES string of the molecule is CC(C)C[C@@H]1C[C@@H](C2CN2S(=O)(=O)c2ccccc2[N+](=O)[O-])OC1=O. The number of hydrogen-bond donors (Lipinski definition) is 0. The Kier molecular flexibility index (Phi) is 4.54. The van der Waals surface area contributed by atoms with Gasteiger partial charge in [-0.15, -0.1) is 0 Å². The topological polar surface area (TPSA) is 107 Å². The third-order valence-corrected chi connectivity index (χ3v) is 6.49. The summed E-state index contributed by atoms with van der Waals surface area (Å²) in [5, 5.41) is 11.1. The number of esters is 1. The average Bonchev–Trinajstić information content (AvgIpc) is 3.27. The summed E-state index contributed by atoms with van der Waals surface area (Å²) in [5.74, 6) is -0.142. The molecule has 4 atom stereocenters. The fourth-order valence-electron chi connectivity index (χ4n) is 3.34. The number of nitro benzene ring substituents is 1. The van der Waals surface area contributed by atoms with Crippen molar-refractivity contribution in [2.75, 3.05) is 6.54 Å². The van der Waals surface area contributed by atoms with Crippen molar-refractivity contribution in [3.8, 4) is 0 Å². The van der Waals surface area contributed by atoms with E-state index in [1.807, 2.05) is 13.8 Å². The van der Waals surface area contributed by atoms with Gasteiger partial charge < -0.3 is 4.74 Å². The number of rotatable bonds is 6. The highest BCUT2D eigenvalue weighted by Crippen LogP contribution is 2.40. The van der Waals surface area contributed by atoms with Crippen LogP contribution in [-0.4, -0.2) is 42.3 Å². The van der Waals surface area contributed by atoms with Gasteiger partial charge in [-0.05, 0) is 24.8 Å². The minimum atomic E-state index is -3.99. The molecule has 1 aromatic carbocycles. The van der Waals surface area contributed by atoms with E-state index in [0.717, 1.165) is 0 Å². The molecule has 2 fully saturated rings. The molecule has 0 spiro atoms. The van der Waals surface area contributed by atoms with E-state index < -0.39 is 32.8 Å². The first-order valence-electron chi connectivity index (χ1n) is 8.17. The zero-order chi connectivity index (χ0) is 18.4. The van der Waals surface area contributed by atoms with Gasteiger partial charge in [0.2, 0.25) is 10.0 Å². The van der Waals surface area contributed by atoms with Crippen LogP contribution in [0.5, 0.6) is 0 Å².